The van der Waals surface area contributed by atoms with Gasteiger partial charge in [-0.25, -0.2) is 0 Å². The fourth-order valence-electron chi connectivity index (χ4n) is 3.73. The minimum atomic E-state index is -4.73. The van der Waals surface area contributed by atoms with E-state index in [-0.39, 0.29) is 11.8 Å². The Kier molecular flexibility index (Phi) is 7.39. The first-order valence-electron chi connectivity index (χ1n) is 11.2. The number of aliphatic imine (C=N–C) groups is 1. The maximum Gasteiger partial charge on any atom is 0.573 e. The summed E-state index contributed by atoms with van der Waals surface area (Å²) in [6.07, 6.45) is 5.98. The number of nitrogens with zero attached hydrogens (tertiary/aromatic N) is 2. The van der Waals surface area contributed by atoms with Crippen LogP contribution in [-0.4, -0.2) is 30.4 Å². The number of dihydropyridines is 1. The lowest BCUT2D eigenvalue weighted by atomic mass is 9.98. The number of alkyl halides is 3. The average Bonchev–Trinajstić information content (AvgIpc) is 3.24. The Labute approximate surface area is 201 Å². The molecule has 0 bridgehead atoms. The zero-order valence-electron chi connectivity index (χ0n) is 19.2. The van der Waals surface area contributed by atoms with Crippen molar-refractivity contribution in [3.05, 3.63) is 78.4 Å². The number of hydrogen-bond donors (Lipinski definition) is 0. The van der Waals surface area contributed by atoms with Gasteiger partial charge in [-0.15, -0.1) is 19.8 Å². The fourth-order valence-corrected chi connectivity index (χ4v) is 3.73. The summed E-state index contributed by atoms with van der Waals surface area (Å²) in [5.74, 6) is 0.0759. The van der Waals surface area contributed by atoms with E-state index in [0.29, 0.717) is 23.5 Å². The minimum Gasteiger partial charge on any atom is -0.473 e. The maximum absolute atomic E-state index is 12.4. The molecule has 2 heterocycles. The van der Waals surface area contributed by atoms with E-state index in [1.165, 1.54) is 17.7 Å². The second-order valence-electron chi connectivity index (χ2n) is 8.19. The Morgan fingerprint density at radius 3 is 2.63 bits per heavy atom. The molecule has 0 radical (unpaired) electrons. The van der Waals surface area contributed by atoms with Gasteiger partial charge in [0.25, 0.3) is 5.88 Å². The highest BCUT2D eigenvalue weighted by Gasteiger charge is 2.31. The van der Waals surface area contributed by atoms with Gasteiger partial charge >= 0.3 is 6.36 Å². The van der Waals surface area contributed by atoms with Gasteiger partial charge in [0, 0.05) is 6.21 Å². The summed E-state index contributed by atoms with van der Waals surface area (Å²) >= 11 is 0. The van der Waals surface area contributed by atoms with Gasteiger partial charge in [0.15, 0.2) is 5.58 Å². The van der Waals surface area contributed by atoms with E-state index in [1.807, 2.05) is 25.3 Å². The van der Waals surface area contributed by atoms with E-state index < -0.39 is 6.36 Å². The summed E-state index contributed by atoms with van der Waals surface area (Å²) in [5, 5.41) is 4.72. The summed E-state index contributed by atoms with van der Waals surface area (Å²) in [6, 6.07) is 11.0. The highest BCUT2D eigenvalue weighted by Crippen LogP contribution is 2.32. The molecule has 0 amide bonds. The SMILES string of the molecule is C=CCCC=CC1=C(C)C=NC(COc2noc3ccc(-c4ccc(OC(F)(F)F)cc4)cc23)C1. The Bertz CT molecular complexity index is 1270. The van der Waals surface area contributed by atoms with Gasteiger partial charge in [0.05, 0.1) is 11.4 Å². The Morgan fingerprint density at radius 2 is 1.89 bits per heavy atom. The molecule has 182 valence electrons. The molecule has 0 fully saturated rings. The van der Waals surface area contributed by atoms with Crippen LogP contribution in [0, 0.1) is 0 Å². The van der Waals surface area contributed by atoms with Crippen molar-refractivity contribution < 1.29 is 27.2 Å². The molecular formula is C27H25F3N2O3. The van der Waals surface area contributed by atoms with Crippen molar-refractivity contribution in [3.8, 4) is 22.8 Å². The molecule has 1 aliphatic rings. The number of rotatable bonds is 9. The van der Waals surface area contributed by atoms with E-state index in [0.717, 1.165) is 36.0 Å². The summed E-state index contributed by atoms with van der Waals surface area (Å²) in [5.41, 5.74) is 4.42. The van der Waals surface area contributed by atoms with Gasteiger partial charge in [0.1, 0.15) is 12.4 Å². The van der Waals surface area contributed by atoms with Crippen molar-refractivity contribution in [3.63, 3.8) is 0 Å². The molecule has 1 aliphatic heterocycles. The number of ether oxygens (including phenoxy) is 2. The van der Waals surface area contributed by atoms with Gasteiger partial charge in [0.2, 0.25) is 0 Å². The second-order valence-corrected chi connectivity index (χ2v) is 8.19. The van der Waals surface area contributed by atoms with E-state index in [2.05, 4.69) is 33.6 Å². The molecule has 0 saturated carbocycles. The monoisotopic (exact) mass is 482 g/mol. The summed E-state index contributed by atoms with van der Waals surface area (Å²) in [6.45, 7) is 6.12. The summed E-state index contributed by atoms with van der Waals surface area (Å²) in [7, 11) is 0. The first kappa shape index (κ1) is 24.3. The molecule has 3 aromatic rings. The van der Waals surface area contributed by atoms with Gasteiger partial charge in [-0.2, -0.15) is 0 Å². The van der Waals surface area contributed by atoms with Crippen molar-refractivity contribution in [1.82, 2.24) is 5.16 Å². The quantitative estimate of drug-likeness (QED) is 0.235. The standard InChI is InChI=1S/C27H25F3N2O3/c1-3-4-5-6-7-20-14-22(31-16-18(20)2)17-33-26-24-15-21(10-13-25(24)35-32-26)19-8-11-23(12-9-19)34-27(28,29)30/h3,6-13,15-16,22H,1,4-5,14,17H2,2H3. The Balaban J connectivity index is 1.44. The number of allylic oxidation sites excluding steroid dienone is 4. The van der Waals surface area contributed by atoms with Crippen LogP contribution in [0.4, 0.5) is 13.2 Å². The van der Waals surface area contributed by atoms with Crippen molar-refractivity contribution in [2.45, 2.75) is 38.6 Å². The summed E-state index contributed by atoms with van der Waals surface area (Å²) < 4.78 is 52.5. The Hall–Kier alpha value is -3.81. The van der Waals surface area contributed by atoms with Crippen LogP contribution < -0.4 is 9.47 Å². The van der Waals surface area contributed by atoms with E-state index in [4.69, 9.17) is 9.26 Å². The third kappa shape index (κ3) is 6.41. The van der Waals surface area contributed by atoms with Crippen LogP contribution in [0.2, 0.25) is 0 Å². The van der Waals surface area contributed by atoms with Gasteiger partial charge in [-0.3, -0.25) is 4.99 Å². The fraction of sp³-hybridized carbons (Fsp3) is 0.259. The zero-order valence-corrected chi connectivity index (χ0v) is 19.2. The highest BCUT2D eigenvalue weighted by atomic mass is 19.4. The van der Waals surface area contributed by atoms with Crippen LogP contribution in [0.3, 0.4) is 0 Å². The maximum atomic E-state index is 12.4. The molecule has 4 rings (SSSR count). The molecule has 8 heteroatoms. The van der Waals surface area contributed by atoms with Crippen LogP contribution in [0.15, 0.2) is 87.9 Å². The lowest BCUT2D eigenvalue weighted by molar-refractivity contribution is -0.274. The summed E-state index contributed by atoms with van der Waals surface area (Å²) in [4.78, 5) is 4.58. The molecule has 2 aromatic carbocycles. The topological polar surface area (TPSA) is 56.9 Å². The molecule has 0 aliphatic carbocycles. The van der Waals surface area contributed by atoms with Crippen molar-refractivity contribution in [2.24, 2.45) is 4.99 Å². The van der Waals surface area contributed by atoms with Crippen LogP contribution in [-0.2, 0) is 0 Å². The lowest BCUT2D eigenvalue weighted by Gasteiger charge is -2.18. The van der Waals surface area contributed by atoms with Gasteiger partial charge in [-0.05, 0) is 77.9 Å². The molecule has 35 heavy (non-hydrogen) atoms. The number of benzene rings is 2. The third-order valence-corrected chi connectivity index (χ3v) is 5.57. The van der Waals surface area contributed by atoms with Crippen molar-refractivity contribution in [1.29, 1.82) is 0 Å². The predicted octanol–water partition coefficient (Wildman–Crippen LogP) is 7.45. The average molecular weight is 483 g/mol. The van der Waals surface area contributed by atoms with Crippen LogP contribution >= 0.6 is 0 Å². The smallest absolute Gasteiger partial charge is 0.473 e. The van der Waals surface area contributed by atoms with Crippen molar-refractivity contribution in [2.75, 3.05) is 6.61 Å². The van der Waals surface area contributed by atoms with E-state index in [1.54, 1.807) is 24.3 Å². The minimum absolute atomic E-state index is 0.0473. The molecule has 0 saturated heterocycles. The van der Waals surface area contributed by atoms with Gasteiger partial charge < -0.3 is 14.0 Å². The van der Waals surface area contributed by atoms with Gasteiger partial charge in [-0.1, -0.05) is 36.4 Å². The Morgan fingerprint density at radius 1 is 1.11 bits per heavy atom. The lowest BCUT2D eigenvalue weighted by Crippen LogP contribution is -2.20. The zero-order chi connectivity index (χ0) is 24.8. The number of unbranched alkanes of at least 4 members (excludes halogenated alkanes) is 1. The molecular weight excluding hydrogens is 457 g/mol. The molecule has 1 unspecified atom stereocenters. The van der Waals surface area contributed by atoms with E-state index >= 15 is 0 Å². The molecule has 5 nitrogen and oxygen atoms in total. The highest BCUT2D eigenvalue weighted by molar-refractivity contribution is 5.87. The van der Waals surface area contributed by atoms with Crippen molar-refractivity contribution >= 4 is 17.2 Å². The first-order chi connectivity index (χ1) is 16.8. The molecule has 1 atom stereocenters. The van der Waals surface area contributed by atoms with Crippen LogP contribution in [0.25, 0.3) is 22.1 Å². The van der Waals surface area contributed by atoms with Crippen LogP contribution in [0.5, 0.6) is 11.6 Å². The van der Waals surface area contributed by atoms with E-state index in [9.17, 15) is 13.2 Å². The predicted molar refractivity (Wildman–Crippen MR) is 130 cm³/mol. The molecule has 1 aromatic heterocycles. The first-order valence-corrected chi connectivity index (χ1v) is 11.2. The molecule has 0 spiro atoms. The molecule has 0 N–H and O–H groups in total. The number of fused-ring (bicyclic) bond motifs is 1. The number of halogens is 3. The normalized spacial score (nSPS) is 16.3. The largest absolute Gasteiger partial charge is 0.573 e. The number of hydrogen-bond acceptors (Lipinski definition) is 5. The third-order valence-electron chi connectivity index (χ3n) is 5.57. The number of aromatic nitrogens is 1. The second kappa shape index (κ2) is 10.6. The van der Waals surface area contributed by atoms with Crippen LogP contribution in [0.1, 0.15) is 26.2 Å².